The van der Waals surface area contributed by atoms with Gasteiger partial charge in [0.2, 0.25) is 5.91 Å². The molecule has 0 saturated carbocycles. The highest BCUT2D eigenvalue weighted by atomic mass is 16.6. The second-order valence-corrected chi connectivity index (χ2v) is 7.42. The summed E-state index contributed by atoms with van der Waals surface area (Å²) in [5, 5.41) is 2.63. The predicted molar refractivity (Wildman–Crippen MR) is 83.0 cm³/mol. The van der Waals surface area contributed by atoms with Crippen LogP contribution in [0.1, 0.15) is 54.9 Å². The number of nitrogens with zero attached hydrogens (tertiary/aromatic N) is 1. The van der Waals surface area contributed by atoms with Crippen LogP contribution < -0.4 is 5.32 Å². The molecular weight excluding hydrogens is 268 g/mol. The molecule has 1 heterocycles. The fourth-order valence-electron chi connectivity index (χ4n) is 2.80. The fourth-order valence-corrected chi connectivity index (χ4v) is 2.80. The molecule has 0 aliphatic carbocycles. The summed E-state index contributed by atoms with van der Waals surface area (Å²) >= 11 is 0. The third-order valence-electron chi connectivity index (χ3n) is 3.98. The summed E-state index contributed by atoms with van der Waals surface area (Å²) in [6.07, 6.45) is 0.591. The van der Waals surface area contributed by atoms with E-state index in [-0.39, 0.29) is 11.9 Å². The predicted octanol–water partition coefficient (Wildman–Crippen LogP) is 2.79. The summed E-state index contributed by atoms with van der Waals surface area (Å²) in [4.78, 5) is 26.2. The van der Waals surface area contributed by atoms with Gasteiger partial charge in [0.1, 0.15) is 11.6 Å². The Hall–Kier alpha value is -1.26. The minimum Gasteiger partial charge on any atom is -0.444 e. The Morgan fingerprint density at radius 1 is 1.24 bits per heavy atom. The molecule has 4 unspecified atom stereocenters. The molecule has 122 valence electrons. The van der Waals surface area contributed by atoms with Crippen molar-refractivity contribution in [1.82, 2.24) is 10.2 Å². The van der Waals surface area contributed by atoms with Crippen LogP contribution in [-0.2, 0) is 9.53 Å². The molecule has 0 aromatic rings. The van der Waals surface area contributed by atoms with Gasteiger partial charge in [0, 0.05) is 12.6 Å². The number of alkyl carbamates (subject to hydrolysis) is 1. The van der Waals surface area contributed by atoms with Crippen LogP contribution in [0.15, 0.2) is 0 Å². The molecule has 1 N–H and O–H groups in total. The van der Waals surface area contributed by atoms with E-state index in [9.17, 15) is 9.59 Å². The molecule has 1 fully saturated rings. The summed E-state index contributed by atoms with van der Waals surface area (Å²) in [6.45, 7) is 14.3. The fraction of sp³-hybridized carbons (Fsp3) is 0.875. The summed E-state index contributed by atoms with van der Waals surface area (Å²) in [5.74, 6) is 0.937. The first-order valence-corrected chi connectivity index (χ1v) is 7.81. The van der Waals surface area contributed by atoms with E-state index in [1.54, 1.807) is 27.7 Å². The average molecular weight is 298 g/mol. The topological polar surface area (TPSA) is 58.6 Å². The van der Waals surface area contributed by atoms with E-state index >= 15 is 0 Å². The summed E-state index contributed by atoms with van der Waals surface area (Å²) in [7, 11) is 0. The number of likely N-dealkylation sites (tertiary alicyclic amines) is 1. The molecule has 0 bridgehead atoms. The standard InChI is InChI=1S/C16H30N2O3/c1-10-8-11(2)13(4)18(9-10)14(19)12(3)17-15(20)21-16(5,6)7/h10-13H,8-9H2,1-7H3,(H,17,20). The van der Waals surface area contributed by atoms with Gasteiger partial charge in [-0.15, -0.1) is 0 Å². The number of nitrogens with one attached hydrogen (secondary N) is 1. The van der Waals surface area contributed by atoms with Gasteiger partial charge in [-0.2, -0.15) is 0 Å². The molecule has 1 saturated heterocycles. The Kier molecular flexibility index (Phi) is 5.65. The van der Waals surface area contributed by atoms with Crippen molar-refractivity contribution in [1.29, 1.82) is 0 Å². The largest absolute Gasteiger partial charge is 0.444 e. The van der Waals surface area contributed by atoms with Crippen LogP contribution in [0.5, 0.6) is 0 Å². The molecule has 1 aliphatic heterocycles. The van der Waals surface area contributed by atoms with E-state index < -0.39 is 17.7 Å². The molecule has 21 heavy (non-hydrogen) atoms. The summed E-state index contributed by atoms with van der Waals surface area (Å²) < 4.78 is 5.19. The van der Waals surface area contributed by atoms with Crippen LogP contribution in [0.3, 0.4) is 0 Å². The van der Waals surface area contributed by atoms with Crippen LogP contribution in [0.25, 0.3) is 0 Å². The molecular formula is C16H30N2O3. The van der Waals surface area contributed by atoms with Gasteiger partial charge < -0.3 is 15.0 Å². The van der Waals surface area contributed by atoms with Crippen LogP contribution >= 0.6 is 0 Å². The number of ether oxygens (including phenoxy) is 1. The van der Waals surface area contributed by atoms with Crippen molar-refractivity contribution in [3.8, 4) is 0 Å². The van der Waals surface area contributed by atoms with E-state index in [1.807, 2.05) is 4.90 Å². The molecule has 2 amide bonds. The molecule has 1 aliphatic rings. The zero-order chi connectivity index (χ0) is 16.4. The number of piperidine rings is 1. The maximum atomic E-state index is 12.6. The second-order valence-electron chi connectivity index (χ2n) is 7.42. The Morgan fingerprint density at radius 3 is 2.33 bits per heavy atom. The van der Waals surface area contributed by atoms with Gasteiger partial charge >= 0.3 is 6.09 Å². The van der Waals surface area contributed by atoms with Crippen LogP contribution in [0.2, 0.25) is 0 Å². The number of amides is 2. The van der Waals surface area contributed by atoms with E-state index in [1.165, 1.54) is 0 Å². The highest BCUT2D eigenvalue weighted by molar-refractivity contribution is 5.85. The van der Waals surface area contributed by atoms with Crippen molar-refractivity contribution < 1.29 is 14.3 Å². The van der Waals surface area contributed by atoms with Crippen molar-refractivity contribution in [2.75, 3.05) is 6.54 Å². The van der Waals surface area contributed by atoms with Gasteiger partial charge in [0.25, 0.3) is 0 Å². The maximum absolute atomic E-state index is 12.6. The number of hydrogen-bond donors (Lipinski definition) is 1. The summed E-state index contributed by atoms with van der Waals surface area (Å²) in [6, 6.07) is -0.364. The van der Waals surface area contributed by atoms with Gasteiger partial charge in [-0.3, -0.25) is 4.79 Å². The van der Waals surface area contributed by atoms with Crippen molar-refractivity contribution >= 4 is 12.0 Å². The lowest BCUT2D eigenvalue weighted by Gasteiger charge is -2.42. The molecule has 1 rings (SSSR count). The highest BCUT2D eigenvalue weighted by Crippen LogP contribution is 2.27. The first-order valence-electron chi connectivity index (χ1n) is 7.81. The van der Waals surface area contributed by atoms with E-state index in [0.29, 0.717) is 11.8 Å². The van der Waals surface area contributed by atoms with Gasteiger partial charge in [0.05, 0.1) is 0 Å². The molecule has 0 aromatic heterocycles. The lowest BCUT2D eigenvalue weighted by Crippen LogP contribution is -2.55. The monoisotopic (exact) mass is 298 g/mol. The van der Waals surface area contributed by atoms with Crippen molar-refractivity contribution in [3.63, 3.8) is 0 Å². The lowest BCUT2D eigenvalue weighted by atomic mass is 9.85. The van der Waals surface area contributed by atoms with E-state index in [4.69, 9.17) is 4.74 Å². The SMILES string of the molecule is CC1CC(C)C(C)N(C(=O)C(C)NC(=O)OC(C)(C)C)C1. The number of rotatable bonds is 2. The molecule has 0 spiro atoms. The smallest absolute Gasteiger partial charge is 0.408 e. The van der Waals surface area contributed by atoms with Gasteiger partial charge in [0.15, 0.2) is 0 Å². The van der Waals surface area contributed by atoms with Crippen molar-refractivity contribution in [3.05, 3.63) is 0 Å². The van der Waals surface area contributed by atoms with Crippen molar-refractivity contribution in [2.24, 2.45) is 11.8 Å². The Labute approximate surface area is 128 Å². The lowest BCUT2D eigenvalue weighted by molar-refractivity contribution is -0.138. The highest BCUT2D eigenvalue weighted by Gasteiger charge is 2.34. The van der Waals surface area contributed by atoms with Crippen LogP contribution in [0, 0.1) is 11.8 Å². The number of hydrogen-bond acceptors (Lipinski definition) is 3. The quantitative estimate of drug-likeness (QED) is 0.853. The Balaban J connectivity index is 2.63. The zero-order valence-electron chi connectivity index (χ0n) is 14.4. The second kappa shape index (κ2) is 6.67. The third-order valence-corrected chi connectivity index (χ3v) is 3.98. The minimum atomic E-state index is -0.570. The molecule has 4 atom stereocenters. The van der Waals surface area contributed by atoms with Crippen molar-refractivity contribution in [2.45, 2.75) is 72.6 Å². The van der Waals surface area contributed by atoms with Crippen LogP contribution in [0.4, 0.5) is 4.79 Å². The normalized spacial score (nSPS) is 28.0. The Morgan fingerprint density at radius 2 is 1.81 bits per heavy atom. The van der Waals surface area contributed by atoms with Gasteiger partial charge in [-0.25, -0.2) is 4.79 Å². The molecule has 0 aromatic carbocycles. The molecule has 0 radical (unpaired) electrons. The summed E-state index contributed by atoms with van der Waals surface area (Å²) in [5.41, 5.74) is -0.561. The molecule has 5 heteroatoms. The number of carbonyl (C=O) groups excluding carboxylic acids is 2. The van der Waals surface area contributed by atoms with E-state index in [2.05, 4.69) is 26.1 Å². The third kappa shape index (κ3) is 5.21. The average Bonchev–Trinajstić information content (AvgIpc) is 2.30. The van der Waals surface area contributed by atoms with Crippen LogP contribution in [-0.4, -0.2) is 41.1 Å². The maximum Gasteiger partial charge on any atom is 0.408 e. The Bertz CT molecular complexity index is 389. The van der Waals surface area contributed by atoms with Gasteiger partial charge in [-0.05, 0) is 52.9 Å². The first-order chi connectivity index (χ1) is 9.51. The first kappa shape index (κ1) is 17.8. The van der Waals surface area contributed by atoms with E-state index in [0.717, 1.165) is 13.0 Å². The van der Waals surface area contributed by atoms with Gasteiger partial charge in [-0.1, -0.05) is 13.8 Å². The number of carbonyl (C=O) groups is 2. The minimum absolute atomic E-state index is 0.0354. The zero-order valence-corrected chi connectivity index (χ0v) is 14.4. The molecule has 5 nitrogen and oxygen atoms in total.